The lowest BCUT2D eigenvalue weighted by atomic mass is 10.1. The van der Waals surface area contributed by atoms with Crippen molar-refractivity contribution in [2.24, 2.45) is 0 Å². The van der Waals surface area contributed by atoms with Crippen molar-refractivity contribution in [2.75, 3.05) is 20.8 Å². The molecule has 6 nitrogen and oxygen atoms in total. The molecule has 1 heterocycles. The SMILES string of the molecule is COc1ccc(C(=O)N(CCc2ccccn2)Cc2ccc(OCc3ccccc3)c(OC)c2)cc1. The molecule has 1 amide bonds. The van der Waals surface area contributed by atoms with Crippen LogP contribution in [0.25, 0.3) is 0 Å². The van der Waals surface area contributed by atoms with E-state index in [0.717, 1.165) is 16.8 Å². The molecule has 6 heteroatoms. The first kappa shape index (κ1) is 24.8. The maximum Gasteiger partial charge on any atom is 0.254 e. The van der Waals surface area contributed by atoms with Crippen molar-refractivity contribution in [2.45, 2.75) is 19.6 Å². The molecule has 0 fully saturated rings. The number of carbonyl (C=O) groups is 1. The maximum atomic E-state index is 13.5. The molecule has 0 saturated carbocycles. The lowest BCUT2D eigenvalue weighted by Crippen LogP contribution is -2.32. The summed E-state index contributed by atoms with van der Waals surface area (Å²) in [4.78, 5) is 19.7. The summed E-state index contributed by atoms with van der Waals surface area (Å²) in [5.74, 6) is 1.94. The van der Waals surface area contributed by atoms with Crippen molar-refractivity contribution in [1.29, 1.82) is 0 Å². The molecule has 0 spiro atoms. The van der Waals surface area contributed by atoms with E-state index in [9.17, 15) is 4.79 Å². The fourth-order valence-electron chi connectivity index (χ4n) is 3.85. The highest BCUT2D eigenvalue weighted by Crippen LogP contribution is 2.29. The number of hydrogen-bond donors (Lipinski definition) is 0. The molecular formula is C30H30N2O4. The summed E-state index contributed by atoms with van der Waals surface area (Å²) in [7, 11) is 3.23. The molecule has 0 bridgehead atoms. The average molecular weight is 483 g/mol. The third-order valence-corrected chi connectivity index (χ3v) is 5.83. The minimum absolute atomic E-state index is 0.0584. The number of aromatic nitrogens is 1. The number of carbonyl (C=O) groups excluding carboxylic acids is 1. The Bertz CT molecular complexity index is 1250. The molecule has 0 N–H and O–H groups in total. The first-order chi connectivity index (χ1) is 17.7. The van der Waals surface area contributed by atoms with E-state index in [1.54, 1.807) is 44.7 Å². The second-order valence-corrected chi connectivity index (χ2v) is 8.29. The molecule has 184 valence electrons. The van der Waals surface area contributed by atoms with Crippen LogP contribution in [0.1, 0.15) is 27.2 Å². The Balaban J connectivity index is 1.51. The van der Waals surface area contributed by atoms with Crippen molar-refractivity contribution < 1.29 is 19.0 Å². The van der Waals surface area contributed by atoms with Crippen LogP contribution in [0.2, 0.25) is 0 Å². The van der Waals surface area contributed by atoms with Gasteiger partial charge in [-0.25, -0.2) is 0 Å². The van der Waals surface area contributed by atoms with Gasteiger partial charge in [-0.15, -0.1) is 0 Å². The van der Waals surface area contributed by atoms with E-state index in [2.05, 4.69) is 4.98 Å². The van der Waals surface area contributed by atoms with Gasteiger partial charge in [-0.2, -0.15) is 0 Å². The Kier molecular flexibility index (Phi) is 8.54. The minimum atomic E-state index is -0.0584. The zero-order chi connectivity index (χ0) is 25.2. The topological polar surface area (TPSA) is 60.9 Å². The molecule has 0 aliphatic heterocycles. The van der Waals surface area contributed by atoms with Crippen molar-refractivity contribution in [3.63, 3.8) is 0 Å². The number of amides is 1. The van der Waals surface area contributed by atoms with Crippen molar-refractivity contribution in [3.05, 3.63) is 120 Å². The van der Waals surface area contributed by atoms with Gasteiger partial charge in [-0.05, 0) is 59.7 Å². The third kappa shape index (κ3) is 6.63. The summed E-state index contributed by atoms with van der Waals surface area (Å²) in [6.45, 7) is 1.40. The first-order valence-corrected chi connectivity index (χ1v) is 11.8. The molecular weight excluding hydrogens is 452 g/mol. The molecule has 0 saturated heterocycles. The summed E-state index contributed by atoms with van der Waals surface area (Å²) in [5, 5.41) is 0. The minimum Gasteiger partial charge on any atom is -0.497 e. The zero-order valence-corrected chi connectivity index (χ0v) is 20.6. The van der Waals surface area contributed by atoms with Gasteiger partial charge in [0.15, 0.2) is 11.5 Å². The van der Waals surface area contributed by atoms with Gasteiger partial charge in [-0.3, -0.25) is 9.78 Å². The van der Waals surface area contributed by atoms with E-state index >= 15 is 0 Å². The van der Waals surface area contributed by atoms with Gasteiger partial charge in [0.25, 0.3) is 5.91 Å². The van der Waals surface area contributed by atoms with E-state index in [1.807, 2.05) is 71.6 Å². The molecule has 4 aromatic rings. The Labute approximate surface area is 212 Å². The Morgan fingerprint density at radius 3 is 2.28 bits per heavy atom. The number of ether oxygens (including phenoxy) is 3. The molecule has 0 aliphatic rings. The van der Waals surface area contributed by atoms with Crippen LogP contribution in [0.3, 0.4) is 0 Å². The van der Waals surface area contributed by atoms with Gasteiger partial charge in [0.2, 0.25) is 0 Å². The number of nitrogens with zero attached hydrogens (tertiary/aromatic N) is 2. The average Bonchev–Trinajstić information content (AvgIpc) is 2.95. The molecule has 4 rings (SSSR count). The summed E-state index contributed by atoms with van der Waals surface area (Å²) >= 11 is 0. The number of benzene rings is 3. The van der Waals surface area contributed by atoms with Crippen LogP contribution in [-0.4, -0.2) is 36.6 Å². The van der Waals surface area contributed by atoms with E-state index in [-0.39, 0.29) is 5.91 Å². The van der Waals surface area contributed by atoms with E-state index in [1.165, 1.54) is 0 Å². The lowest BCUT2D eigenvalue weighted by molar-refractivity contribution is 0.0744. The highest BCUT2D eigenvalue weighted by Gasteiger charge is 2.18. The quantitative estimate of drug-likeness (QED) is 0.280. The lowest BCUT2D eigenvalue weighted by Gasteiger charge is -2.24. The Morgan fingerprint density at radius 2 is 1.58 bits per heavy atom. The second-order valence-electron chi connectivity index (χ2n) is 8.29. The van der Waals surface area contributed by atoms with Crippen LogP contribution in [-0.2, 0) is 19.6 Å². The summed E-state index contributed by atoms with van der Waals surface area (Å²) in [6.07, 6.45) is 2.42. The standard InChI is InChI=1S/C30H30N2O4/c1-34-27-14-12-25(13-15-27)30(33)32(19-17-26-10-6-7-18-31-26)21-24-11-16-28(29(20-24)35-2)36-22-23-8-4-3-5-9-23/h3-16,18,20H,17,19,21-22H2,1-2H3. The summed E-state index contributed by atoms with van der Waals surface area (Å²) in [6, 6.07) is 28.8. The Morgan fingerprint density at radius 1 is 0.806 bits per heavy atom. The van der Waals surface area contributed by atoms with Gasteiger partial charge in [0.05, 0.1) is 14.2 Å². The number of hydrogen-bond acceptors (Lipinski definition) is 5. The van der Waals surface area contributed by atoms with Crippen LogP contribution in [0.15, 0.2) is 97.2 Å². The fourth-order valence-corrected chi connectivity index (χ4v) is 3.85. The molecule has 3 aromatic carbocycles. The highest BCUT2D eigenvalue weighted by atomic mass is 16.5. The molecule has 0 aliphatic carbocycles. The first-order valence-electron chi connectivity index (χ1n) is 11.8. The summed E-state index contributed by atoms with van der Waals surface area (Å²) < 4.78 is 16.8. The largest absolute Gasteiger partial charge is 0.497 e. The van der Waals surface area contributed by atoms with Crippen LogP contribution in [0, 0.1) is 0 Å². The molecule has 1 aromatic heterocycles. The van der Waals surface area contributed by atoms with Gasteiger partial charge >= 0.3 is 0 Å². The highest BCUT2D eigenvalue weighted by molar-refractivity contribution is 5.94. The third-order valence-electron chi connectivity index (χ3n) is 5.83. The normalized spacial score (nSPS) is 10.5. The van der Waals surface area contributed by atoms with Gasteiger partial charge < -0.3 is 19.1 Å². The molecule has 0 atom stereocenters. The fraction of sp³-hybridized carbons (Fsp3) is 0.200. The summed E-state index contributed by atoms with van der Waals surface area (Å²) in [5.41, 5.74) is 3.56. The monoisotopic (exact) mass is 482 g/mol. The van der Waals surface area contributed by atoms with Gasteiger partial charge in [0, 0.05) is 37.0 Å². The van der Waals surface area contributed by atoms with Crippen LogP contribution >= 0.6 is 0 Å². The van der Waals surface area contributed by atoms with Crippen LogP contribution in [0.5, 0.6) is 17.2 Å². The predicted octanol–water partition coefficient (Wildman–Crippen LogP) is 5.56. The van der Waals surface area contributed by atoms with Gasteiger partial charge in [-0.1, -0.05) is 42.5 Å². The molecule has 0 unspecified atom stereocenters. The molecule has 0 radical (unpaired) electrons. The van der Waals surface area contributed by atoms with E-state index in [0.29, 0.717) is 48.9 Å². The van der Waals surface area contributed by atoms with Crippen molar-refractivity contribution in [3.8, 4) is 17.2 Å². The second kappa shape index (κ2) is 12.4. The zero-order valence-electron chi connectivity index (χ0n) is 20.6. The maximum absolute atomic E-state index is 13.5. The van der Waals surface area contributed by atoms with Crippen molar-refractivity contribution >= 4 is 5.91 Å². The predicted molar refractivity (Wildman–Crippen MR) is 139 cm³/mol. The number of pyridine rings is 1. The van der Waals surface area contributed by atoms with Crippen LogP contribution in [0.4, 0.5) is 0 Å². The Hall–Kier alpha value is -4.32. The van der Waals surface area contributed by atoms with Crippen molar-refractivity contribution in [1.82, 2.24) is 9.88 Å². The van der Waals surface area contributed by atoms with Gasteiger partial charge in [0.1, 0.15) is 12.4 Å². The smallest absolute Gasteiger partial charge is 0.254 e. The van der Waals surface area contributed by atoms with Crippen LogP contribution < -0.4 is 14.2 Å². The van der Waals surface area contributed by atoms with E-state index in [4.69, 9.17) is 14.2 Å². The number of methoxy groups -OCH3 is 2. The van der Waals surface area contributed by atoms with E-state index < -0.39 is 0 Å². The number of rotatable bonds is 11. The molecule has 36 heavy (non-hydrogen) atoms.